The van der Waals surface area contributed by atoms with E-state index in [9.17, 15) is 0 Å². The van der Waals surface area contributed by atoms with E-state index in [1.54, 1.807) is 0 Å². The molecule has 0 bridgehead atoms. The number of nitrogens with zero attached hydrogens (tertiary/aromatic N) is 2. The summed E-state index contributed by atoms with van der Waals surface area (Å²) < 4.78 is 0. The Morgan fingerprint density at radius 1 is 1.17 bits per heavy atom. The van der Waals surface area contributed by atoms with E-state index in [-0.39, 0.29) is 5.41 Å². The molecule has 0 spiro atoms. The third kappa shape index (κ3) is 7.28. The van der Waals surface area contributed by atoms with Gasteiger partial charge in [-0.1, -0.05) is 63.8 Å². The van der Waals surface area contributed by atoms with Crippen molar-refractivity contribution in [2.24, 2.45) is 4.99 Å². The second-order valence-electron chi connectivity index (χ2n) is 6.86. The number of halogens is 2. The van der Waals surface area contributed by atoms with Crippen molar-refractivity contribution in [3.8, 4) is 0 Å². The van der Waals surface area contributed by atoms with Gasteiger partial charge in [0.25, 0.3) is 0 Å². The van der Waals surface area contributed by atoms with Crippen LogP contribution in [-0.2, 0) is 26.3 Å². The molecule has 0 heterocycles. The van der Waals surface area contributed by atoms with Gasteiger partial charge in [-0.15, -0.1) is 12.7 Å². The Hall–Kier alpha value is 0.153. The maximum atomic E-state index is 4.93. The Labute approximate surface area is 160 Å². The minimum absolute atomic E-state index is 0.115. The van der Waals surface area contributed by atoms with Crippen LogP contribution >= 0.6 is 17.0 Å². The topological polar surface area (TPSA) is 26.5 Å². The predicted molar refractivity (Wildman–Crippen MR) is 100 cm³/mol. The van der Waals surface area contributed by atoms with Gasteiger partial charge in [-0.25, -0.2) is 0 Å². The number of rotatable bonds is 3. The zero-order valence-electron chi connectivity index (χ0n) is 14.6. The van der Waals surface area contributed by atoms with Gasteiger partial charge in [0, 0.05) is 12.3 Å². The van der Waals surface area contributed by atoms with Crippen molar-refractivity contribution in [3.63, 3.8) is 0 Å². The van der Waals surface area contributed by atoms with Gasteiger partial charge < -0.3 is 5.32 Å². The fraction of sp³-hybridized carbons (Fsp3) is 0.611. The van der Waals surface area contributed by atoms with Crippen LogP contribution in [0.4, 0.5) is 5.69 Å². The van der Waals surface area contributed by atoms with Crippen LogP contribution in [0.5, 0.6) is 0 Å². The van der Waals surface area contributed by atoms with Crippen molar-refractivity contribution in [3.05, 3.63) is 34.6 Å². The molecular weight excluding hydrogens is 406 g/mol. The van der Waals surface area contributed by atoms with Crippen LogP contribution in [0.25, 0.3) is 5.32 Å². The van der Waals surface area contributed by atoms with Gasteiger partial charge in [-0.3, -0.25) is 4.99 Å². The molecule has 1 aromatic carbocycles. The van der Waals surface area contributed by atoms with Crippen molar-refractivity contribution < 1.29 is 20.8 Å². The normalized spacial score (nSPS) is 15.9. The molecule has 0 aliphatic heterocycles. The zero-order chi connectivity index (χ0) is 17.3. The van der Waals surface area contributed by atoms with Gasteiger partial charge in [-0.2, -0.15) is 0 Å². The van der Waals surface area contributed by atoms with Crippen LogP contribution in [0, 0.1) is 0 Å². The van der Waals surface area contributed by atoms with E-state index in [1.165, 1.54) is 37.7 Å². The average Bonchev–Trinajstić information content (AvgIpc) is 2.53. The summed E-state index contributed by atoms with van der Waals surface area (Å²) in [4.78, 5) is 4.80. The summed E-state index contributed by atoms with van der Waals surface area (Å²) in [5.41, 5.74) is 3.67. The van der Waals surface area contributed by atoms with E-state index in [0.717, 1.165) is 11.3 Å². The molecular formula is C18H27Cl2N2Zr-. The Kier molecular flexibility index (Phi) is 10.0. The summed E-state index contributed by atoms with van der Waals surface area (Å²) in [5.74, 6) is 0. The van der Waals surface area contributed by atoms with E-state index >= 15 is 0 Å². The molecule has 128 valence electrons. The average molecular weight is 434 g/mol. The summed E-state index contributed by atoms with van der Waals surface area (Å²) in [6.07, 6.45) is 8.57. The second-order valence-corrected chi connectivity index (χ2v) is 10.6. The molecule has 0 atom stereocenters. The first kappa shape index (κ1) is 21.2. The summed E-state index contributed by atoms with van der Waals surface area (Å²) in [5, 5.41) is 4.51. The number of para-hydroxylation sites is 1. The maximum absolute atomic E-state index is 4.93. The van der Waals surface area contributed by atoms with Crippen LogP contribution in [0.15, 0.2) is 23.2 Å². The van der Waals surface area contributed by atoms with Crippen molar-refractivity contribution in [2.45, 2.75) is 64.3 Å². The predicted octanol–water partition coefficient (Wildman–Crippen LogP) is 6.75. The van der Waals surface area contributed by atoms with Gasteiger partial charge >= 0.3 is 37.9 Å². The molecule has 1 aliphatic rings. The first-order valence-electron chi connectivity index (χ1n) is 8.16. The molecule has 1 aliphatic carbocycles. The van der Waals surface area contributed by atoms with E-state index in [4.69, 9.17) is 22.0 Å². The monoisotopic (exact) mass is 431 g/mol. The van der Waals surface area contributed by atoms with Crippen molar-refractivity contribution in [1.29, 1.82) is 0 Å². The number of hydrogen-bond acceptors (Lipinski definition) is 1. The molecule has 23 heavy (non-hydrogen) atoms. The first-order chi connectivity index (χ1) is 10.9. The fourth-order valence-corrected chi connectivity index (χ4v) is 2.94. The van der Waals surface area contributed by atoms with Crippen molar-refractivity contribution in [2.75, 3.05) is 7.05 Å². The summed E-state index contributed by atoms with van der Waals surface area (Å²) >= 11 is -0.826. The quantitative estimate of drug-likeness (QED) is 0.472. The van der Waals surface area contributed by atoms with E-state index in [1.807, 2.05) is 13.3 Å². The Balaban J connectivity index is 0.000000816. The number of hydrogen-bond donors (Lipinski definition) is 0. The standard InChI is InChI=1S/C18H27N2.2ClH.Zr/c1-18(2,3)16-12-8-9-14(17(16)19-4)13-20-15-10-6-5-7-11-15;;;/h8-9,12-13,15H,5-7,10-11H2,1-4H3;2*1H;/q-1;;;+2/p-2. The molecule has 0 N–H and O–H groups in total. The van der Waals surface area contributed by atoms with Crippen LogP contribution in [0.1, 0.15) is 64.0 Å². The molecule has 2 rings (SSSR count). The molecule has 0 radical (unpaired) electrons. The molecule has 1 saturated carbocycles. The van der Waals surface area contributed by atoms with Crippen LogP contribution in [0.3, 0.4) is 0 Å². The first-order valence-corrected chi connectivity index (χ1v) is 14.5. The van der Waals surface area contributed by atoms with Gasteiger partial charge in [-0.05, 0) is 23.8 Å². The third-order valence-electron chi connectivity index (χ3n) is 4.10. The number of benzene rings is 1. The minimum atomic E-state index is -0.826. The second kappa shape index (κ2) is 10.9. The molecule has 1 aromatic rings. The molecule has 1 fully saturated rings. The molecule has 0 saturated heterocycles. The molecule has 0 amide bonds. The Morgan fingerprint density at radius 2 is 1.78 bits per heavy atom. The summed E-state index contributed by atoms with van der Waals surface area (Å²) in [7, 11) is 11.7. The molecule has 0 unspecified atom stereocenters. The van der Waals surface area contributed by atoms with Crippen molar-refractivity contribution >= 4 is 28.9 Å². The Bertz CT molecular complexity index is 492. The molecule has 2 nitrogen and oxygen atoms in total. The fourth-order valence-electron chi connectivity index (χ4n) is 2.94. The van der Waals surface area contributed by atoms with E-state index in [0.29, 0.717) is 6.04 Å². The summed E-state index contributed by atoms with van der Waals surface area (Å²) in [6, 6.07) is 6.95. The Morgan fingerprint density at radius 3 is 2.30 bits per heavy atom. The van der Waals surface area contributed by atoms with Crippen LogP contribution in [0.2, 0.25) is 0 Å². The van der Waals surface area contributed by atoms with Gasteiger partial charge in [0.1, 0.15) is 0 Å². The molecule has 5 heteroatoms. The van der Waals surface area contributed by atoms with Gasteiger partial charge in [0.05, 0.1) is 0 Å². The van der Waals surface area contributed by atoms with E-state index in [2.05, 4.69) is 44.3 Å². The zero-order valence-corrected chi connectivity index (χ0v) is 18.5. The molecule has 0 aromatic heterocycles. The third-order valence-corrected chi connectivity index (χ3v) is 4.10. The SMILES string of the molecule is C[N-]c1c(C=NC2CCCCC2)cccc1C(C)(C)C.[Cl][Zr][Cl]. The van der Waals surface area contributed by atoms with Gasteiger partial charge in [0.2, 0.25) is 0 Å². The van der Waals surface area contributed by atoms with E-state index < -0.39 is 20.8 Å². The van der Waals surface area contributed by atoms with Crippen LogP contribution in [-0.4, -0.2) is 19.3 Å². The van der Waals surface area contributed by atoms with Crippen molar-refractivity contribution in [1.82, 2.24) is 0 Å². The van der Waals surface area contributed by atoms with Gasteiger partial charge in [0.15, 0.2) is 0 Å². The summed E-state index contributed by atoms with van der Waals surface area (Å²) in [6.45, 7) is 6.71. The van der Waals surface area contributed by atoms with Crippen LogP contribution < -0.4 is 0 Å². The number of aliphatic imine (C=N–C) groups is 1.